The molecule has 0 amide bonds. The number of nitrogens with one attached hydrogen (secondary N) is 2. The summed E-state index contributed by atoms with van der Waals surface area (Å²) in [6, 6.07) is 5.38. The minimum Gasteiger partial charge on any atom is -0.468 e. The van der Waals surface area contributed by atoms with Crippen molar-refractivity contribution < 1.29 is 17.9 Å². The molecule has 0 radical (unpaired) electrons. The number of hydrogen-bond acceptors (Lipinski definition) is 4. The number of guanidine groups is 1. The molecule has 0 saturated heterocycles. The molecule has 9 heteroatoms. The van der Waals surface area contributed by atoms with Gasteiger partial charge in [-0.1, -0.05) is 13.0 Å². The highest BCUT2D eigenvalue weighted by Crippen LogP contribution is 2.20. The quantitative estimate of drug-likeness (QED) is 0.521. The maximum absolute atomic E-state index is 12.4. The largest absolute Gasteiger partial charge is 0.468 e. The number of thiophene rings is 1. The fourth-order valence-corrected chi connectivity index (χ4v) is 3.04. The first kappa shape index (κ1) is 21.0. The highest BCUT2D eigenvalue weighted by atomic mass is 32.1. The van der Waals surface area contributed by atoms with Gasteiger partial charge in [-0.3, -0.25) is 0 Å². The van der Waals surface area contributed by atoms with E-state index < -0.39 is 12.8 Å². The normalized spacial score (nSPS) is 13.3. The predicted octanol–water partition coefficient (Wildman–Crippen LogP) is 3.94. The Kier molecular flexibility index (Phi) is 7.90. The molecule has 0 aliphatic rings. The van der Waals surface area contributed by atoms with Crippen molar-refractivity contribution in [2.75, 3.05) is 19.7 Å². The predicted molar refractivity (Wildman–Crippen MR) is 101 cm³/mol. The molecule has 5 nitrogen and oxygen atoms in total. The van der Waals surface area contributed by atoms with E-state index in [-0.39, 0.29) is 12.4 Å². The molecule has 1 atom stereocenters. The number of aromatic nitrogens is 1. The first-order chi connectivity index (χ1) is 12.9. The Balaban J connectivity index is 1.99. The number of alkyl halides is 3. The number of hydrogen-bond donors (Lipinski definition) is 2. The molecule has 27 heavy (non-hydrogen) atoms. The van der Waals surface area contributed by atoms with Gasteiger partial charge in [0.05, 0.1) is 6.54 Å². The molecule has 0 saturated carbocycles. The van der Waals surface area contributed by atoms with Crippen molar-refractivity contribution in [3.63, 3.8) is 0 Å². The molecule has 1 unspecified atom stereocenters. The maximum Gasteiger partial charge on any atom is 0.422 e. The summed E-state index contributed by atoms with van der Waals surface area (Å²) < 4.78 is 41.9. The number of rotatable bonds is 8. The van der Waals surface area contributed by atoms with E-state index in [0.717, 1.165) is 0 Å². The van der Waals surface area contributed by atoms with Gasteiger partial charge in [-0.2, -0.15) is 24.5 Å². The number of nitrogens with zero attached hydrogens (tertiary/aromatic N) is 2. The van der Waals surface area contributed by atoms with Crippen LogP contribution in [0.3, 0.4) is 0 Å². The molecule has 0 aliphatic carbocycles. The third-order valence-electron chi connectivity index (χ3n) is 3.66. The fraction of sp³-hybridized carbons (Fsp3) is 0.444. The van der Waals surface area contributed by atoms with E-state index in [1.807, 2.05) is 12.3 Å². The summed E-state index contributed by atoms with van der Waals surface area (Å²) in [6.07, 6.45) is -3.02. The molecule has 2 aromatic rings. The molecule has 2 N–H and O–H groups in total. The van der Waals surface area contributed by atoms with E-state index >= 15 is 0 Å². The Hall–Kier alpha value is -2.29. The van der Waals surface area contributed by atoms with Crippen LogP contribution in [-0.4, -0.2) is 36.8 Å². The summed E-state index contributed by atoms with van der Waals surface area (Å²) in [5, 5.41) is 10.5. The van der Waals surface area contributed by atoms with E-state index in [9.17, 15) is 13.2 Å². The van der Waals surface area contributed by atoms with Gasteiger partial charge >= 0.3 is 6.18 Å². The Morgan fingerprint density at radius 1 is 1.33 bits per heavy atom. The highest BCUT2D eigenvalue weighted by Gasteiger charge is 2.29. The van der Waals surface area contributed by atoms with Gasteiger partial charge in [0.1, 0.15) is 0 Å². The maximum atomic E-state index is 12.4. The van der Waals surface area contributed by atoms with Crippen molar-refractivity contribution in [3.8, 4) is 5.88 Å². The van der Waals surface area contributed by atoms with E-state index in [0.29, 0.717) is 30.5 Å². The van der Waals surface area contributed by atoms with Crippen LogP contribution in [-0.2, 0) is 6.54 Å². The second-order valence-electron chi connectivity index (χ2n) is 5.91. The molecule has 0 fully saturated rings. The van der Waals surface area contributed by atoms with Crippen LogP contribution < -0.4 is 15.4 Å². The lowest BCUT2D eigenvalue weighted by molar-refractivity contribution is -0.154. The zero-order valence-electron chi connectivity index (χ0n) is 15.2. The third-order valence-corrected chi connectivity index (χ3v) is 4.36. The Morgan fingerprint density at radius 2 is 2.15 bits per heavy atom. The third kappa shape index (κ3) is 7.46. The first-order valence-electron chi connectivity index (χ1n) is 8.56. The molecule has 0 aromatic carbocycles. The minimum atomic E-state index is -4.41. The van der Waals surface area contributed by atoms with Gasteiger partial charge in [0, 0.05) is 24.8 Å². The molecule has 2 rings (SSSR count). The van der Waals surface area contributed by atoms with Crippen LogP contribution >= 0.6 is 11.3 Å². The zero-order chi connectivity index (χ0) is 19.7. The summed E-state index contributed by atoms with van der Waals surface area (Å²) in [4.78, 5) is 8.32. The van der Waals surface area contributed by atoms with Crippen LogP contribution in [0.2, 0.25) is 0 Å². The summed E-state index contributed by atoms with van der Waals surface area (Å²) in [5.74, 6) is 0.843. The monoisotopic (exact) mass is 400 g/mol. The van der Waals surface area contributed by atoms with Gasteiger partial charge in [0.25, 0.3) is 0 Å². The smallest absolute Gasteiger partial charge is 0.422 e. The molecule has 2 heterocycles. The average molecular weight is 400 g/mol. The summed E-state index contributed by atoms with van der Waals surface area (Å²) >= 11 is 1.65. The molecule has 0 bridgehead atoms. The number of ether oxygens (including phenoxy) is 1. The van der Waals surface area contributed by atoms with Crippen molar-refractivity contribution >= 4 is 17.3 Å². The Bertz CT molecular complexity index is 720. The second-order valence-corrected chi connectivity index (χ2v) is 6.69. The topological polar surface area (TPSA) is 58.5 Å². The second kappa shape index (κ2) is 10.1. The first-order valence-corrected chi connectivity index (χ1v) is 9.51. The average Bonchev–Trinajstić information content (AvgIpc) is 3.17. The SMILES string of the molecule is CCNC(=NCc1cccnc1OCC(F)(F)F)NCC(C)c1ccsc1. The Labute approximate surface area is 160 Å². The van der Waals surface area contributed by atoms with E-state index in [1.165, 1.54) is 11.8 Å². The summed E-state index contributed by atoms with van der Waals surface area (Å²) in [6.45, 7) is 4.20. The van der Waals surface area contributed by atoms with Gasteiger partial charge in [0.2, 0.25) is 5.88 Å². The fourth-order valence-electron chi connectivity index (χ4n) is 2.25. The van der Waals surface area contributed by atoms with Crippen LogP contribution in [0.25, 0.3) is 0 Å². The van der Waals surface area contributed by atoms with E-state index in [2.05, 4.69) is 39.0 Å². The molecule has 0 aliphatic heterocycles. The van der Waals surface area contributed by atoms with Crippen LogP contribution in [0.5, 0.6) is 5.88 Å². The van der Waals surface area contributed by atoms with Crippen LogP contribution in [0.4, 0.5) is 13.2 Å². The highest BCUT2D eigenvalue weighted by molar-refractivity contribution is 7.07. The van der Waals surface area contributed by atoms with E-state index in [1.54, 1.807) is 23.5 Å². The van der Waals surface area contributed by atoms with E-state index in [4.69, 9.17) is 4.74 Å². The van der Waals surface area contributed by atoms with Crippen LogP contribution in [0.15, 0.2) is 40.1 Å². The molecule has 2 aromatic heterocycles. The van der Waals surface area contributed by atoms with Crippen LogP contribution in [0, 0.1) is 0 Å². The lowest BCUT2D eigenvalue weighted by Crippen LogP contribution is -2.39. The van der Waals surface area contributed by atoms with Gasteiger partial charge in [-0.25, -0.2) is 9.98 Å². The Morgan fingerprint density at radius 3 is 2.81 bits per heavy atom. The number of halogens is 3. The summed E-state index contributed by atoms with van der Waals surface area (Å²) in [7, 11) is 0. The lowest BCUT2D eigenvalue weighted by Gasteiger charge is -2.15. The minimum absolute atomic E-state index is 0.0546. The van der Waals surface area contributed by atoms with Gasteiger partial charge in [-0.15, -0.1) is 0 Å². The van der Waals surface area contributed by atoms with Crippen molar-refractivity contribution in [3.05, 3.63) is 46.3 Å². The van der Waals surface area contributed by atoms with Crippen molar-refractivity contribution in [2.24, 2.45) is 4.99 Å². The zero-order valence-corrected chi connectivity index (χ0v) is 16.0. The van der Waals surface area contributed by atoms with Crippen LogP contribution in [0.1, 0.15) is 30.9 Å². The number of aliphatic imine (C=N–C) groups is 1. The standard InChI is InChI=1S/C18H23F3N4OS/c1-3-22-17(24-9-13(2)15-6-8-27-11-15)25-10-14-5-4-7-23-16(14)26-12-18(19,20)21/h4-8,11,13H,3,9-10,12H2,1-2H3,(H2,22,24,25). The summed E-state index contributed by atoms with van der Waals surface area (Å²) in [5.41, 5.74) is 1.74. The van der Waals surface area contributed by atoms with Gasteiger partial charge in [0.15, 0.2) is 12.6 Å². The van der Waals surface area contributed by atoms with Crippen molar-refractivity contribution in [2.45, 2.75) is 32.5 Å². The van der Waals surface area contributed by atoms with Gasteiger partial charge in [-0.05, 0) is 41.3 Å². The lowest BCUT2D eigenvalue weighted by atomic mass is 10.1. The molecule has 0 spiro atoms. The van der Waals surface area contributed by atoms with Crippen molar-refractivity contribution in [1.82, 2.24) is 15.6 Å². The molecular formula is C18H23F3N4OS. The molecule has 148 valence electrons. The molecular weight excluding hydrogens is 377 g/mol. The number of pyridine rings is 1. The van der Waals surface area contributed by atoms with Crippen molar-refractivity contribution in [1.29, 1.82) is 0 Å². The van der Waals surface area contributed by atoms with Gasteiger partial charge < -0.3 is 15.4 Å².